The lowest BCUT2D eigenvalue weighted by Crippen LogP contribution is -2.20. The van der Waals surface area contributed by atoms with Gasteiger partial charge in [0.25, 0.3) is 0 Å². The van der Waals surface area contributed by atoms with Crippen molar-refractivity contribution in [3.05, 3.63) is 29.3 Å². The van der Waals surface area contributed by atoms with Crippen LogP contribution in [0.25, 0.3) is 0 Å². The van der Waals surface area contributed by atoms with Crippen LogP contribution >= 0.6 is 0 Å². The Kier molecular flexibility index (Phi) is 6.26. The lowest BCUT2D eigenvalue weighted by molar-refractivity contribution is -0.137. The van der Waals surface area contributed by atoms with Gasteiger partial charge in [0.1, 0.15) is 5.75 Å². The van der Waals surface area contributed by atoms with Crippen LogP contribution in [0.1, 0.15) is 78.9 Å². The Morgan fingerprint density at radius 2 is 1.74 bits per heavy atom. The van der Waals surface area contributed by atoms with Gasteiger partial charge in [-0.05, 0) is 47.8 Å². The van der Waals surface area contributed by atoms with Gasteiger partial charge in [-0.1, -0.05) is 53.7 Å². The molecule has 0 fully saturated rings. The Morgan fingerprint density at radius 3 is 2.22 bits per heavy atom. The van der Waals surface area contributed by atoms with E-state index in [0.717, 1.165) is 12.2 Å². The average Bonchev–Trinajstić information content (AvgIpc) is 2.35. The lowest BCUT2D eigenvalue weighted by Gasteiger charge is -2.28. The minimum atomic E-state index is -0.748. The average molecular weight is 320 g/mol. The summed E-state index contributed by atoms with van der Waals surface area (Å²) in [4.78, 5) is 10.6. The molecule has 0 radical (unpaired) electrons. The highest BCUT2D eigenvalue weighted by molar-refractivity contribution is 5.66. The van der Waals surface area contributed by atoms with Crippen LogP contribution in [0, 0.1) is 0 Å². The molecule has 1 unspecified atom stereocenters. The quantitative estimate of drug-likeness (QED) is 0.773. The second-order valence-electron chi connectivity index (χ2n) is 8.43. The number of carbonyl (C=O) groups is 1. The molecule has 1 rings (SSSR count). The van der Waals surface area contributed by atoms with E-state index >= 15 is 0 Å². The fraction of sp³-hybridized carbons (Fsp3) is 0.650. The van der Waals surface area contributed by atoms with Gasteiger partial charge in [-0.3, -0.25) is 4.79 Å². The zero-order chi connectivity index (χ0) is 17.8. The van der Waals surface area contributed by atoms with Crippen molar-refractivity contribution in [2.75, 3.05) is 0 Å². The third-order valence-corrected chi connectivity index (χ3v) is 3.98. The highest BCUT2D eigenvalue weighted by Gasteiger charge is 2.23. The first-order valence-electron chi connectivity index (χ1n) is 8.44. The van der Waals surface area contributed by atoms with Gasteiger partial charge in [0.15, 0.2) is 0 Å². The SMILES string of the molecule is CC(CCCC(=O)O)Oc1ccc(C(C)(C)C)cc1C(C)(C)C. The number of carboxylic acid groups (broad SMARTS) is 1. The Labute approximate surface area is 141 Å². The molecule has 23 heavy (non-hydrogen) atoms. The van der Waals surface area contributed by atoms with E-state index in [2.05, 4.69) is 59.7 Å². The van der Waals surface area contributed by atoms with Crippen molar-refractivity contribution in [1.29, 1.82) is 0 Å². The van der Waals surface area contributed by atoms with Crippen molar-refractivity contribution in [1.82, 2.24) is 0 Å². The number of carboxylic acids is 1. The van der Waals surface area contributed by atoms with Crippen molar-refractivity contribution >= 4 is 5.97 Å². The first kappa shape index (κ1) is 19.5. The second-order valence-corrected chi connectivity index (χ2v) is 8.43. The Bertz CT molecular complexity index is 533. The van der Waals surface area contributed by atoms with E-state index in [-0.39, 0.29) is 23.4 Å². The first-order chi connectivity index (χ1) is 10.4. The van der Waals surface area contributed by atoms with E-state index in [9.17, 15) is 4.79 Å². The van der Waals surface area contributed by atoms with Crippen LogP contribution in [0.15, 0.2) is 18.2 Å². The van der Waals surface area contributed by atoms with Crippen molar-refractivity contribution in [2.24, 2.45) is 0 Å². The molecule has 0 amide bonds. The smallest absolute Gasteiger partial charge is 0.303 e. The van der Waals surface area contributed by atoms with Crippen molar-refractivity contribution < 1.29 is 14.6 Å². The third-order valence-electron chi connectivity index (χ3n) is 3.98. The number of hydrogen-bond acceptors (Lipinski definition) is 2. The molecule has 1 N–H and O–H groups in total. The number of aliphatic carboxylic acids is 1. The number of benzene rings is 1. The molecule has 0 aliphatic heterocycles. The predicted octanol–water partition coefficient (Wildman–Crippen LogP) is 5.30. The summed E-state index contributed by atoms with van der Waals surface area (Å²) in [5.41, 5.74) is 2.60. The van der Waals surface area contributed by atoms with Crippen molar-refractivity contribution in [3.63, 3.8) is 0 Å². The Hall–Kier alpha value is -1.51. The molecule has 1 aromatic carbocycles. The fourth-order valence-electron chi connectivity index (χ4n) is 2.50. The standard InChI is InChI=1S/C20H32O3/c1-14(9-8-10-18(21)22)23-17-12-11-15(19(2,3)4)13-16(17)20(5,6)7/h11-14H,8-10H2,1-7H3,(H,21,22). The highest BCUT2D eigenvalue weighted by Crippen LogP contribution is 2.36. The van der Waals surface area contributed by atoms with E-state index in [1.807, 2.05) is 6.92 Å². The summed E-state index contributed by atoms with van der Waals surface area (Å²) in [6, 6.07) is 6.45. The topological polar surface area (TPSA) is 46.5 Å². The molecule has 0 bridgehead atoms. The minimum Gasteiger partial charge on any atom is -0.490 e. The molecule has 0 spiro atoms. The predicted molar refractivity (Wildman–Crippen MR) is 95.4 cm³/mol. The molecular weight excluding hydrogens is 288 g/mol. The Balaban J connectivity index is 2.95. The Morgan fingerprint density at radius 1 is 1.13 bits per heavy atom. The van der Waals surface area contributed by atoms with Crippen LogP contribution in [0.3, 0.4) is 0 Å². The molecular formula is C20H32O3. The first-order valence-corrected chi connectivity index (χ1v) is 8.44. The monoisotopic (exact) mass is 320 g/mol. The maximum Gasteiger partial charge on any atom is 0.303 e. The van der Waals surface area contributed by atoms with Crippen LogP contribution in [0.2, 0.25) is 0 Å². The highest BCUT2D eigenvalue weighted by atomic mass is 16.5. The maximum absolute atomic E-state index is 10.6. The van der Waals surface area contributed by atoms with E-state index < -0.39 is 5.97 Å². The maximum atomic E-state index is 10.6. The van der Waals surface area contributed by atoms with E-state index in [0.29, 0.717) is 6.42 Å². The van der Waals surface area contributed by atoms with Crippen LogP contribution < -0.4 is 4.74 Å². The molecule has 0 saturated carbocycles. The molecule has 0 saturated heterocycles. The summed E-state index contributed by atoms with van der Waals surface area (Å²) in [7, 11) is 0. The third kappa shape index (κ3) is 6.25. The van der Waals surface area contributed by atoms with Gasteiger partial charge in [-0.25, -0.2) is 0 Å². The summed E-state index contributed by atoms with van der Waals surface area (Å²) < 4.78 is 6.13. The van der Waals surface area contributed by atoms with Gasteiger partial charge >= 0.3 is 5.97 Å². The number of ether oxygens (including phenoxy) is 1. The van der Waals surface area contributed by atoms with Gasteiger partial charge in [0.2, 0.25) is 0 Å². The van der Waals surface area contributed by atoms with Gasteiger partial charge in [-0.15, -0.1) is 0 Å². The molecule has 0 aromatic heterocycles. The van der Waals surface area contributed by atoms with Crippen LogP contribution in [-0.4, -0.2) is 17.2 Å². The van der Waals surface area contributed by atoms with Gasteiger partial charge in [0, 0.05) is 6.42 Å². The van der Waals surface area contributed by atoms with Crippen molar-refractivity contribution in [3.8, 4) is 5.75 Å². The largest absolute Gasteiger partial charge is 0.490 e. The molecule has 1 atom stereocenters. The lowest BCUT2D eigenvalue weighted by atomic mass is 9.80. The molecule has 130 valence electrons. The summed E-state index contributed by atoms with van der Waals surface area (Å²) in [6.45, 7) is 15.2. The number of hydrogen-bond donors (Lipinski definition) is 1. The van der Waals surface area contributed by atoms with Gasteiger partial charge < -0.3 is 9.84 Å². The van der Waals surface area contributed by atoms with E-state index in [1.54, 1.807) is 0 Å². The van der Waals surface area contributed by atoms with E-state index in [4.69, 9.17) is 9.84 Å². The van der Waals surface area contributed by atoms with Crippen LogP contribution in [0.5, 0.6) is 5.75 Å². The van der Waals surface area contributed by atoms with Crippen LogP contribution in [0.4, 0.5) is 0 Å². The fourth-order valence-corrected chi connectivity index (χ4v) is 2.50. The van der Waals surface area contributed by atoms with Crippen LogP contribution in [-0.2, 0) is 15.6 Å². The summed E-state index contributed by atoms with van der Waals surface area (Å²) >= 11 is 0. The summed E-state index contributed by atoms with van der Waals surface area (Å²) in [6.07, 6.45) is 1.59. The summed E-state index contributed by atoms with van der Waals surface area (Å²) in [5, 5.41) is 8.73. The summed E-state index contributed by atoms with van der Waals surface area (Å²) in [5.74, 6) is 0.162. The molecule has 0 aliphatic rings. The van der Waals surface area contributed by atoms with E-state index in [1.165, 1.54) is 11.1 Å². The molecule has 0 heterocycles. The van der Waals surface area contributed by atoms with Gasteiger partial charge in [0.05, 0.1) is 6.10 Å². The van der Waals surface area contributed by atoms with Crippen molar-refractivity contribution in [2.45, 2.75) is 84.7 Å². The molecule has 0 aliphatic carbocycles. The number of rotatable bonds is 6. The van der Waals surface area contributed by atoms with Gasteiger partial charge in [-0.2, -0.15) is 0 Å². The molecule has 1 aromatic rings. The zero-order valence-electron chi connectivity index (χ0n) is 15.7. The molecule has 3 heteroatoms. The second kappa shape index (κ2) is 7.37. The normalized spacial score (nSPS) is 13.7. The zero-order valence-corrected chi connectivity index (χ0v) is 15.7. The molecule has 3 nitrogen and oxygen atoms in total. The minimum absolute atomic E-state index is 0.00260.